The van der Waals surface area contributed by atoms with E-state index in [0.29, 0.717) is 5.41 Å². The first kappa shape index (κ1) is 11.4. The number of rotatable bonds is 3. The van der Waals surface area contributed by atoms with Gasteiger partial charge in [-0.25, -0.2) is 0 Å². The van der Waals surface area contributed by atoms with E-state index in [9.17, 15) is 0 Å². The maximum Gasteiger partial charge on any atom is -0.00466 e. The third-order valence-electron chi connectivity index (χ3n) is 4.34. The minimum atomic E-state index is 0.353. The van der Waals surface area contributed by atoms with Crippen molar-refractivity contribution in [1.82, 2.24) is 0 Å². The highest BCUT2D eigenvalue weighted by Crippen LogP contribution is 2.41. The Morgan fingerprint density at radius 2 is 1.94 bits per heavy atom. The van der Waals surface area contributed by atoms with Gasteiger partial charge in [0.1, 0.15) is 0 Å². The van der Waals surface area contributed by atoms with Crippen LogP contribution in [0, 0.1) is 5.92 Å². The highest BCUT2D eigenvalue weighted by molar-refractivity contribution is 5.26. The van der Waals surface area contributed by atoms with Gasteiger partial charge >= 0.3 is 0 Å². The first-order chi connectivity index (χ1) is 7.77. The van der Waals surface area contributed by atoms with Crippen molar-refractivity contribution in [3.8, 4) is 0 Å². The summed E-state index contributed by atoms with van der Waals surface area (Å²) in [6.07, 6.45) is 9.78. The van der Waals surface area contributed by atoms with Crippen molar-refractivity contribution >= 4 is 0 Å². The third kappa shape index (κ3) is 2.07. The molecule has 0 N–H and O–H groups in total. The second kappa shape index (κ2) is 4.86. The summed E-state index contributed by atoms with van der Waals surface area (Å²) in [5.41, 5.74) is 1.87. The van der Waals surface area contributed by atoms with Crippen LogP contribution in [0.15, 0.2) is 42.5 Å². The Bertz CT molecular complexity index is 350. The topological polar surface area (TPSA) is 0 Å². The van der Waals surface area contributed by atoms with Crippen molar-refractivity contribution in [2.45, 2.75) is 44.9 Å². The molecule has 2 atom stereocenters. The zero-order chi connectivity index (χ0) is 11.4. The molecule has 16 heavy (non-hydrogen) atoms. The molecule has 2 unspecified atom stereocenters. The second-order valence-corrected chi connectivity index (χ2v) is 5.12. The number of hydrogen-bond donors (Lipinski definition) is 0. The Morgan fingerprint density at radius 1 is 1.19 bits per heavy atom. The van der Waals surface area contributed by atoms with Crippen LogP contribution in [-0.2, 0) is 5.41 Å². The number of allylic oxidation sites excluding steroid dienone is 2. The summed E-state index contributed by atoms with van der Waals surface area (Å²) in [6.45, 7) is 4.76. The minimum Gasteiger partial charge on any atom is -0.0885 e. The van der Waals surface area contributed by atoms with Gasteiger partial charge in [-0.05, 0) is 42.6 Å². The maximum atomic E-state index is 2.44. The van der Waals surface area contributed by atoms with Crippen LogP contribution >= 0.6 is 0 Å². The van der Waals surface area contributed by atoms with E-state index in [0.717, 1.165) is 5.92 Å². The smallest absolute Gasteiger partial charge is 0.00466 e. The Labute approximate surface area is 99.4 Å². The van der Waals surface area contributed by atoms with Crippen molar-refractivity contribution < 1.29 is 0 Å². The van der Waals surface area contributed by atoms with Crippen LogP contribution in [0.1, 0.15) is 45.1 Å². The minimum absolute atomic E-state index is 0.353. The Hall–Kier alpha value is -1.04. The van der Waals surface area contributed by atoms with E-state index in [1.807, 2.05) is 0 Å². The molecular formula is C16H22. The van der Waals surface area contributed by atoms with E-state index in [2.05, 4.69) is 56.3 Å². The van der Waals surface area contributed by atoms with Gasteiger partial charge in [0.2, 0.25) is 0 Å². The Morgan fingerprint density at radius 3 is 2.50 bits per heavy atom. The lowest BCUT2D eigenvalue weighted by Gasteiger charge is -2.38. The van der Waals surface area contributed by atoms with E-state index in [1.54, 1.807) is 0 Å². The highest BCUT2D eigenvalue weighted by atomic mass is 14.4. The SMILES string of the molecule is CCC(C)(c1ccccc1)C1CC=CCC1. The van der Waals surface area contributed by atoms with Crippen LogP contribution in [0.2, 0.25) is 0 Å². The predicted octanol–water partition coefficient (Wildman–Crippen LogP) is 4.71. The van der Waals surface area contributed by atoms with Crippen molar-refractivity contribution in [3.63, 3.8) is 0 Å². The summed E-state index contributed by atoms with van der Waals surface area (Å²) in [7, 11) is 0. The molecule has 0 nitrogen and oxygen atoms in total. The second-order valence-electron chi connectivity index (χ2n) is 5.12. The van der Waals surface area contributed by atoms with E-state index in [4.69, 9.17) is 0 Å². The van der Waals surface area contributed by atoms with Crippen LogP contribution < -0.4 is 0 Å². The van der Waals surface area contributed by atoms with Crippen LogP contribution in [-0.4, -0.2) is 0 Å². The summed E-state index contributed by atoms with van der Waals surface area (Å²) in [5.74, 6) is 0.810. The van der Waals surface area contributed by atoms with Gasteiger partial charge < -0.3 is 0 Å². The van der Waals surface area contributed by atoms with Gasteiger partial charge in [-0.1, -0.05) is 56.3 Å². The molecule has 0 aromatic heterocycles. The zero-order valence-corrected chi connectivity index (χ0v) is 10.4. The van der Waals surface area contributed by atoms with Crippen LogP contribution in [0.5, 0.6) is 0 Å². The van der Waals surface area contributed by atoms with Gasteiger partial charge in [0.05, 0.1) is 0 Å². The molecule has 2 rings (SSSR count). The van der Waals surface area contributed by atoms with E-state index in [-0.39, 0.29) is 0 Å². The normalized spacial score (nSPS) is 24.0. The van der Waals surface area contributed by atoms with Crippen molar-refractivity contribution in [3.05, 3.63) is 48.0 Å². The molecule has 0 spiro atoms. The fourth-order valence-corrected chi connectivity index (χ4v) is 2.92. The maximum absolute atomic E-state index is 2.44. The number of benzene rings is 1. The molecule has 86 valence electrons. The molecule has 0 radical (unpaired) electrons. The number of hydrogen-bond acceptors (Lipinski definition) is 0. The lowest BCUT2D eigenvalue weighted by atomic mass is 9.66. The Balaban J connectivity index is 2.28. The predicted molar refractivity (Wildman–Crippen MR) is 70.6 cm³/mol. The molecule has 0 fully saturated rings. The zero-order valence-electron chi connectivity index (χ0n) is 10.4. The van der Waals surface area contributed by atoms with Gasteiger partial charge in [-0.3, -0.25) is 0 Å². The molecule has 1 aliphatic rings. The lowest BCUT2D eigenvalue weighted by molar-refractivity contribution is 0.261. The standard InChI is InChI=1S/C16H22/c1-3-16(2,14-10-6-4-7-11-14)15-12-8-5-9-13-15/h4-8,10-11,15H,3,9,12-13H2,1-2H3. The average Bonchev–Trinajstić information content (AvgIpc) is 2.40. The molecule has 0 saturated carbocycles. The monoisotopic (exact) mass is 214 g/mol. The van der Waals surface area contributed by atoms with Gasteiger partial charge in [0.15, 0.2) is 0 Å². The van der Waals surface area contributed by atoms with E-state index >= 15 is 0 Å². The third-order valence-corrected chi connectivity index (χ3v) is 4.34. The van der Waals surface area contributed by atoms with Crippen LogP contribution in [0.25, 0.3) is 0 Å². The highest BCUT2D eigenvalue weighted by Gasteiger charge is 2.33. The summed E-state index contributed by atoms with van der Waals surface area (Å²) in [6, 6.07) is 11.0. The summed E-state index contributed by atoms with van der Waals surface area (Å²) < 4.78 is 0. The molecule has 0 aliphatic heterocycles. The summed E-state index contributed by atoms with van der Waals surface area (Å²) in [5, 5.41) is 0. The fraction of sp³-hybridized carbons (Fsp3) is 0.500. The molecule has 0 saturated heterocycles. The van der Waals surface area contributed by atoms with Crippen LogP contribution in [0.4, 0.5) is 0 Å². The fourth-order valence-electron chi connectivity index (χ4n) is 2.92. The summed E-state index contributed by atoms with van der Waals surface area (Å²) in [4.78, 5) is 0. The molecule has 0 heterocycles. The largest absolute Gasteiger partial charge is 0.0885 e. The van der Waals surface area contributed by atoms with Crippen molar-refractivity contribution in [2.75, 3.05) is 0 Å². The van der Waals surface area contributed by atoms with Gasteiger partial charge in [-0.15, -0.1) is 0 Å². The molecule has 1 aliphatic carbocycles. The van der Waals surface area contributed by atoms with Crippen molar-refractivity contribution in [2.24, 2.45) is 5.92 Å². The molecule has 0 bridgehead atoms. The molecule has 0 amide bonds. The van der Waals surface area contributed by atoms with E-state index in [1.165, 1.54) is 31.2 Å². The lowest BCUT2D eigenvalue weighted by Crippen LogP contribution is -2.32. The Kier molecular flexibility index (Phi) is 3.48. The van der Waals surface area contributed by atoms with Crippen molar-refractivity contribution in [1.29, 1.82) is 0 Å². The van der Waals surface area contributed by atoms with E-state index < -0.39 is 0 Å². The molecular weight excluding hydrogens is 192 g/mol. The molecule has 0 heteroatoms. The average molecular weight is 214 g/mol. The molecule has 1 aromatic carbocycles. The summed E-state index contributed by atoms with van der Waals surface area (Å²) >= 11 is 0. The van der Waals surface area contributed by atoms with Gasteiger partial charge in [-0.2, -0.15) is 0 Å². The van der Waals surface area contributed by atoms with Gasteiger partial charge in [0.25, 0.3) is 0 Å². The quantitative estimate of drug-likeness (QED) is 0.639. The molecule has 1 aromatic rings. The van der Waals surface area contributed by atoms with Gasteiger partial charge in [0, 0.05) is 0 Å². The van der Waals surface area contributed by atoms with Crippen LogP contribution in [0.3, 0.4) is 0 Å². The first-order valence-electron chi connectivity index (χ1n) is 6.48. The first-order valence-corrected chi connectivity index (χ1v) is 6.48.